The number of aryl methyl sites for hydroxylation is 1. The monoisotopic (exact) mass is 331 g/mol. The van der Waals surface area contributed by atoms with Crippen LogP contribution in [-0.2, 0) is 11.4 Å². The molecule has 4 nitrogen and oxygen atoms in total. The molecule has 1 aliphatic rings. The van der Waals surface area contributed by atoms with Crippen molar-refractivity contribution in [1.29, 1.82) is 0 Å². The predicted octanol–water partition coefficient (Wildman–Crippen LogP) is 4.14. The Morgan fingerprint density at radius 2 is 2.09 bits per heavy atom. The van der Waals surface area contributed by atoms with Crippen LogP contribution in [0.25, 0.3) is 0 Å². The lowest BCUT2D eigenvalue weighted by atomic mass is 9.98. The Morgan fingerprint density at radius 1 is 1.30 bits per heavy atom. The van der Waals surface area contributed by atoms with E-state index >= 15 is 0 Å². The van der Waals surface area contributed by atoms with Crippen molar-refractivity contribution in [2.24, 2.45) is 5.90 Å². The van der Waals surface area contributed by atoms with Gasteiger partial charge < -0.3 is 9.57 Å². The van der Waals surface area contributed by atoms with Crippen molar-refractivity contribution in [3.8, 4) is 5.75 Å². The van der Waals surface area contributed by atoms with E-state index in [2.05, 4.69) is 4.84 Å². The van der Waals surface area contributed by atoms with Gasteiger partial charge in [-0.05, 0) is 55.0 Å². The predicted molar refractivity (Wildman–Crippen MR) is 88.5 cm³/mol. The van der Waals surface area contributed by atoms with E-state index in [1.54, 1.807) is 12.1 Å². The molecule has 0 bridgehead atoms. The number of halogens is 1. The molecule has 0 atom stereocenters. The number of benzene rings is 2. The summed E-state index contributed by atoms with van der Waals surface area (Å²) in [6.07, 6.45) is 2.26. The van der Waals surface area contributed by atoms with E-state index < -0.39 is 5.97 Å². The van der Waals surface area contributed by atoms with Gasteiger partial charge in [0.15, 0.2) is 0 Å². The molecule has 3 rings (SSSR count). The maximum atomic E-state index is 11.9. The van der Waals surface area contributed by atoms with E-state index in [1.165, 1.54) is 0 Å². The smallest absolute Gasteiger partial charge is 0.357 e. The molecule has 0 aliphatic heterocycles. The minimum atomic E-state index is -0.547. The average Bonchev–Trinajstić information content (AvgIpc) is 3.39. The van der Waals surface area contributed by atoms with Crippen molar-refractivity contribution in [3.05, 3.63) is 63.7 Å². The first kappa shape index (κ1) is 15.8. The fourth-order valence-electron chi connectivity index (χ4n) is 2.68. The summed E-state index contributed by atoms with van der Waals surface area (Å²) in [5.74, 6) is 5.70. The Bertz CT molecular complexity index is 741. The molecule has 0 saturated heterocycles. The SMILES string of the molecule is Cc1ccc(Cl)cc1OCc1c(C(=O)ON)cccc1C1CC1. The molecule has 2 aromatic carbocycles. The zero-order chi connectivity index (χ0) is 16.4. The van der Waals surface area contributed by atoms with E-state index in [-0.39, 0.29) is 6.61 Å². The van der Waals surface area contributed by atoms with Crippen LogP contribution in [0.5, 0.6) is 5.75 Å². The van der Waals surface area contributed by atoms with Gasteiger partial charge in [-0.1, -0.05) is 29.8 Å². The summed E-state index contributed by atoms with van der Waals surface area (Å²) in [5.41, 5.74) is 3.41. The number of hydrogen-bond donors (Lipinski definition) is 1. The van der Waals surface area contributed by atoms with E-state index in [1.807, 2.05) is 31.2 Å². The van der Waals surface area contributed by atoms with Crippen molar-refractivity contribution in [2.45, 2.75) is 32.3 Å². The van der Waals surface area contributed by atoms with Crippen LogP contribution < -0.4 is 10.6 Å². The molecule has 1 aliphatic carbocycles. The molecule has 2 N–H and O–H groups in total. The molecule has 0 aromatic heterocycles. The van der Waals surface area contributed by atoms with E-state index in [9.17, 15) is 4.79 Å². The second kappa shape index (κ2) is 6.60. The third kappa shape index (κ3) is 3.49. The highest BCUT2D eigenvalue weighted by Crippen LogP contribution is 2.42. The molecule has 23 heavy (non-hydrogen) atoms. The van der Waals surface area contributed by atoms with Crippen LogP contribution in [0.3, 0.4) is 0 Å². The summed E-state index contributed by atoms with van der Waals surface area (Å²) in [7, 11) is 0. The van der Waals surface area contributed by atoms with Gasteiger partial charge in [0.2, 0.25) is 0 Å². The van der Waals surface area contributed by atoms with Gasteiger partial charge in [0.1, 0.15) is 12.4 Å². The van der Waals surface area contributed by atoms with E-state index in [0.717, 1.165) is 29.5 Å². The normalized spacial score (nSPS) is 13.7. The number of ether oxygens (including phenoxy) is 1. The Labute approximate surface area is 140 Å². The van der Waals surface area contributed by atoms with Crippen LogP contribution in [0, 0.1) is 6.92 Å². The zero-order valence-electron chi connectivity index (χ0n) is 12.8. The second-order valence-corrected chi connectivity index (χ2v) is 6.19. The number of hydrogen-bond acceptors (Lipinski definition) is 4. The number of nitrogens with two attached hydrogens (primary N) is 1. The van der Waals surface area contributed by atoms with Crippen LogP contribution >= 0.6 is 11.6 Å². The Balaban J connectivity index is 1.91. The summed E-state index contributed by atoms with van der Waals surface area (Å²) in [5, 5.41) is 0.614. The molecule has 0 unspecified atom stereocenters. The highest BCUT2D eigenvalue weighted by atomic mass is 35.5. The number of carbonyl (C=O) groups excluding carboxylic acids is 1. The Kier molecular flexibility index (Phi) is 4.55. The fraction of sp³-hybridized carbons (Fsp3) is 0.278. The van der Waals surface area contributed by atoms with Gasteiger partial charge in [0.05, 0.1) is 5.56 Å². The third-order valence-electron chi connectivity index (χ3n) is 4.08. The fourth-order valence-corrected chi connectivity index (χ4v) is 2.84. The summed E-state index contributed by atoms with van der Waals surface area (Å²) >= 11 is 6.02. The van der Waals surface area contributed by atoms with Crippen molar-refractivity contribution < 1.29 is 14.4 Å². The van der Waals surface area contributed by atoms with Crippen LogP contribution in [0.4, 0.5) is 0 Å². The second-order valence-electron chi connectivity index (χ2n) is 5.75. The molecule has 0 radical (unpaired) electrons. The van der Waals surface area contributed by atoms with E-state index in [4.69, 9.17) is 22.2 Å². The maximum Gasteiger partial charge on any atom is 0.357 e. The first-order valence-electron chi connectivity index (χ1n) is 7.52. The minimum absolute atomic E-state index is 0.276. The summed E-state index contributed by atoms with van der Waals surface area (Å²) in [6.45, 7) is 2.23. The molecule has 120 valence electrons. The van der Waals surface area contributed by atoms with Crippen LogP contribution in [-0.4, -0.2) is 5.97 Å². The highest BCUT2D eigenvalue weighted by molar-refractivity contribution is 6.30. The molecular formula is C18H18ClNO3. The lowest BCUT2D eigenvalue weighted by Gasteiger charge is -2.15. The van der Waals surface area contributed by atoms with Gasteiger partial charge in [-0.15, -0.1) is 0 Å². The van der Waals surface area contributed by atoms with Crippen molar-refractivity contribution in [1.82, 2.24) is 0 Å². The quantitative estimate of drug-likeness (QED) is 0.837. The van der Waals surface area contributed by atoms with Gasteiger partial charge in [0.25, 0.3) is 0 Å². The van der Waals surface area contributed by atoms with Gasteiger partial charge in [0, 0.05) is 10.6 Å². The number of rotatable bonds is 5. The largest absolute Gasteiger partial charge is 0.489 e. The van der Waals surface area contributed by atoms with Gasteiger partial charge >= 0.3 is 5.97 Å². The molecule has 2 aromatic rings. The molecule has 0 amide bonds. The highest BCUT2D eigenvalue weighted by Gasteiger charge is 2.28. The van der Waals surface area contributed by atoms with Crippen molar-refractivity contribution in [2.75, 3.05) is 0 Å². The number of carbonyl (C=O) groups is 1. The molecule has 1 saturated carbocycles. The van der Waals surface area contributed by atoms with Crippen LogP contribution in [0.2, 0.25) is 5.02 Å². The third-order valence-corrected chi connectivity index (χ3v) is 4.31. The first-order valence-corrected chi connectivity index (χ1v) is 7.89. The molecule has 0 heterocycles. The van der Waals surface area contributed by atoms with Crippen molar-refractivity contribution in [3.63, 3.8) is 0 Å². The lowest BCUT2D eigenvalue weighted by Crippen LogP contribution is -2.15. The van der Waals surface area contributed by atoms with Crippen molar-refractivity contribution >= 4 is 17.6 Å². The topological polar surface area (TPSA) is 61.5 Å². The van der Waals surface area contributed by atoms with Gasteiger partial charge in [-0.2, -0.15) is 5.90 Å². The van der Waals surface area contributed by atoms with Crippen LogP contribution in [0.1, 0.15) is 45.8 Å². The standard InChI is InChI=1S/C18H18ClNO3/c1-11-5-8-13(19)9-17(11)22-10-16-14(12-6-7-12)3-2-4-15(16)18(21)23-20/h2-5,8-9,12H,6-7,10,20H2,1H3. The molecular weight excluding hydrogens is 314 g/mol. The average molecular weight is 332 g/mol. The molecule has 0 spiro atoms. The Hall–Kier alpha value is -2.04. The maximum absolute atomic E-state index is 11.9. The van der Waals surface area contributed by atoms with E-state index in [0.29, 0.717) is 22.3 Å². The zero-order valence-corrected chi connectivity index (χ0v) is 13.6. The van der Waals surface area contributed by atoms with Crippen LogP contribution in [0.15, 0.2) is 36.4 Å². The lowest BCUT2D eigenvalue weighted by molar-refractivity contribution is 0.0500. The molecule has 1 fully saturated rings. The van der Waals surface area contributed by atoms with Gasteiger partial charge in [-0.3, -0.25) is 0 Å². The summed E-state index contributed by atoms with van der Waals surface area (Å²) < 4.78 is 5.92. The Morgan fingerprint density at radius 3 is 2.78 bits per heavy atom. The van der Waals surface area contributed by atoms with Gasteiger partial charge in [-0.25, -0.2) is 4.79 Å². The minimum Gasteiger partial charge on any atom is -0.489 e. The summed E-state index contributed by atoms with van der Waals surface area (Å²) in [4.78, 5) is 16.3. The summed E-state index contributed by atoms with van der Waals surface area (Å²) in [6, 6.07) is 11.1. The first-order chi connectivity index (χ1) is 11.1. The molecule has 5 heteroatoms.